The van der Waals surface area contributed by atoms with Gasteiger partial charge in [-0.2, -0.15) is 0 Å². The molecule has 0 aliphatic heterocycles. The van der Waals surface area contributed by atoms with Crippen molar-refractivity contribution in [3.63, 3.8) is 0 Å². The zero-order valence-corrected chi connectivity index (χ0v) is 14.0. The first-order chi connectivity index (χ1) is 11.8. The van der Waals surface area contributed by atoms with E-state index < -0.39 is 0 Å². The molecule has 3 aromatic carbocycles. The van der Waals surface area contributed by atoms with Gasteiger partial charge in [-0.3, -0.25) is 0 Å². The van der Waals surface area contributed by atoms with Crippen LogP contribution in [0.5, 0.6) is 0 Å². The lowest BCUT2D eigenvalue weighted by atomic mass is 9.96. The van der Waals surface area contributed by atoms with Gasteiger partial charge < -0.3 is 5.32 Å². The normalized spacial score (nSPS) is 12.2. The van der Waals surface area contributed by atoms with E-state index >= 15 is 0 Å². The van der Waals surface area contributed by atoms with Crippen LogP contribution in [0.1, 0.15) is 13.3 Å². The van der Waals surface area contributed by atoms with Gasteiger partial charge in [0.1, 0.15) is 5.82 Å². The number of benzene rings is 3. The number of hydrogen-bond acceptors (Lipinski definition) is 2. The zero-order chi connectivity index (χ0) is 16.5. The SMILES string of the molecule is CC/C=c1\c(NC)nc2cccc3cc(-c4ccccc4)cc1c32. The summed E-state index contributed by atoms with van der Waals surface area (Å²) >= 11 is 0. The molecule has 0 bridgehead atoms. The highest BCUT2D eigenvalue weighted by Gasteiger charge is 2.10. The van der Waals surface area contributed by atoms with Crippen LogP contribution in [-0.2, 0) is 0 Å². The van der Waals surface area contributed by atoms with Gasteiger partial charge in [0.2, 0.25) is 0 Å². The number of nitrogens with zero attached hydrogens (tertiary/aromatic N) is 1. The van der Waals surface area contributed by atoms with Gasteiger partial charge in [-0.05, 0) is 46.5 Å². The second-order valence-electron chi connectivity index (χ2n) is 6.00. The van der Waals surface area contributed by atoms with Crippen LogP contribution >= 0.6 is 0 Å². The van der Waals surface area contributed by atoms with Crippen LogP contribution in [-0.4, -0.2) is 12.0 Å². The van der Waals surface area contributed by atoms with Gasteiger partial charge in [-0.25, -0.2) is 4.98 Å². The molecule has 1 N–H and O–H groups in total. The Labute approximate surface area is 141 Å². The van der Waals surface area contributed by atoms with Crippen molar-refractivity contribution in [2.45, 2.75) is 13.3 Å². The predicted molar refractivity (Wildman–Crippen MR) is 104 cm³/mol. The fourth-order valence-corrected chi connectivity index (χ4v) is 3.42. The number of aromatic nitrogens is 1. The lowest BCUT2D eigenvalue weighted by molar-refractivity contribution is 1.27. The molecule has 24 heavy (non-hydrogen) atoms. The molecule has 0 spiro atoms. The molecule has 2 nitrogen and oxygen atoms in total. The molecule has 2 heteroatoms. The average Bonchev–Trinajstić information content (AvgIpc) is 2.64. The number of hydrogen-bond donors (Lipinski definition) is 1. The summed E-state index contributed by atoms with van der Waals surface area (Å²) < 4.78 is 0. The summed E-state index contributed by atoms with van der Waals surface area (Å²) in [4.78, 5) is 4.82. The fourth-order valence-electron chi connectivity index (χ4n) is 3.42. The summed E-state index contributed by atoms with van der Waals surface area (Å²) in [5.74, 6) is 0.946. The Hall–Kier alpha value is -2.87. The van der Waals surface area contributed by atoms with Crippen LogP contribution in [0.3, 0.4) is 0 Å². The summed E-state index contributed by atoms with van der Waals surface area (Å²) in [7, 11) is 1.94. The molecule has 0 amide bonds. The third-order valence-electron chi connectivity index (χ3n) is 4.48. The van der Waals surface area contributed by atoms with E-state index in [0.717, 1.165) is 17.8 Å². The Kier molecular flexibility index (Phi) is 3.66. The van der Waals surface area contributed by atoms with Crippen LogP contribution in [0.4, 0.5) is 5.82 Å². The Morgan fingerprint density at radius 2 is 1.79 bits per heavy atom. The maximum atomic E-state index is 4.82. The quantitative estimate of drug-likeness (QED) is 0.575. The number of nitrogens with one attached hydrogen (secondary N) is 1. The van der Waals surface area contributed by atoms with E-state index in [0.29, 0.717) is 0 Å². The molecule has 0 unspecified atom stereocenters. The Balaban J connectivity index is 2.18. The number of pyridine rings is 1. The van der Waals surface area contributed by atoms with Crippen molar-refractivity contribution in [3.8, 4) is 11.1 Å². The van der Waals surface area contributed by atoms with Crippen molar-refractivity contribution in [1.82, 2.24) is 4.98 Å². The first-order valence-electron chi connectivity index (χ1n) is 8.41. The lowest BCUT2D eigenvalue weighted by Gasteiger charge is -2.12. The highest BCUT2D eigenvalue weighted by molar-refractivity contribution is 6.11. The summed E-state index contributed by atoms with van der Waals surface area (Å²) in [6, 6.07) is 21.5. The first kappa shape index (κ1) is 14.7. The van der Waals surface area contributed by atoms with Crippen molar-refractivity contribution in [2.24, 2.45) is 0 Å². The molecule has 4 rings (SSSR count). The van der Waals surface area contributed by atoms with Gasteiger partial charge >= 0.3 is 0 Å². The van der Waals surface area contributed by atoms with Crippen molar-refractivity contribution in [3.05, 3.63) is 65.9 Å². The van der Waals surface area contributed by atoms with Crippen LogP contribution in [0.15, 0.2) is 60.7 Å². The maximum Gasteiger partial charge on any atom is 0.134 e. The van der Waals surface area contributed by atoms with Gasteiger partial charge in [-0.1, -0.05) is 55.5 Å². The van der Waals surface area contributed by atoms with Crippen molar-refractivity contribution >= 4 is 33.6 Å². The molecule has 0 fully saturated rings. The van der Waals surface area contributed by atoms with Crippen LogP contribution in [0.2, 0.25) is 0 Å². The Bertz CT molecular complexity index is 1070. The second-order valence-corrected chi connectivity index (χ2v) is 6.00. The summed E-state index contributed by atoms with van der Waals surface area (Å²) in [5.41, 5.74) is 3.53. The minimum Gasteiger partial charge on any atom is -0.373 e. The monoisotopic (exact) mass is 312 g/mol. The molecule has 0 aliphatic carbocycles. The highest BCUT2D eigenvalue weighted by atomic mass is 15.0. The second kappa shape index (κ2) is 5.97. The number of anilines is 1. The molecular formula is C22H20N2. The van der Waals surface area contributed by atoms with Crippen molar-refractivity contribution < 1.29 is 0 Å². The van der Waals surface area contributed by atoms with E-state index in [1.807, 2.05) is 7.05 Å². The zero-order valence-electron chi connectivity index (χ0n) is 14.0. The van der Waals surface area contributed by atoms with E-state index in [-0.39, 0.29) is 0 Å². The number of rotatable bonds is 3. The van der Waals surface area contributed by atoms with Gasteiger partial charge in [0.05, 0.1) is 5.52 Å². The third kappa shape index (κ3) is 2.31. The summed E-state index contributed by atoms with van der Waals surface area (Å²) in [5, 5.41) is 8.21. The molecule has 118 valence electrons. The van der Waals surface area contributed by atoms with Crippen molar-refractivity contribution in [1.29, 1.82) is 0 Å². The van der Waals surface area contributed by atoms with E-state index in [9.17, 15) is 0 Å². The van der Waals surface area contributed by atoms with Crippen molar-refractivity contribution in [2.75, 3.05) is 12.4 Å². The Morgan fingerprint density at radius 1 is 0.958 bits per heavy atom. The van der Waals surface area contributed by atoms with Gasteiger partial charge in [0.15, 0.2) is 0 Å². The largest absolute Gasteiger partial charge is 0.373 e. The first-order valence-corrected chi connectivity index (χ1v) is 8.41. The Morgan fingerprint density at radius 3 is 2.54 bits per heavy atom. The van der Waals surface area contributed by atoms with Crippen LogP contribution in [0.25, 0.3) is 38.9 Å². The molecule has 0 saturated carbocycles. The van der Waals surface area contributed by atoms with E-state index in [1.165, 1.54) is 32.5 Å². The third-order valence-corrected chi connectivity index (χ3v) is 4.48. The van der Waals surface area contributed by atoms with Gasteiger partial charge in [0, 0.05) is 17.7 Å². The summed E-state index contributed by atoms with van der Waals surface area (Å²) in [6.07, 6.45) is 3.24. The van der Waals surface area contributed by atoms with E-state index in [1.54, 1.807) is 0 Å². The van der Waals surface area contributed by atoms with Crippen LogP contribution in [0, 0.1) is 0 Å². The summed E-state index contributed by atoms with van der Waals surface area (Å²) in [6.45, 7) is 2.17. The fraction of sp³-hybridized carbons (Fsp3) is 0.136. The van der Waals surface area contributed by atoms with E-state index in [4.69, 9.17) is 4.98 Å². The highest BCUT2D eigenvalue weighted by Crippen LogP contribution is 2.30. The molecule has 0 saturated heterocycles. The smallest absolute Gasteiger partial charge is 0.134 e. The lowest BCUT2D eigenvalue weighted by Crippen LogP contribution is -2.13. The minimum absolute atomic E-state index is 0.946. The van der Waals surface area contributed by atoms with Crippen LogP contribution < -0.4 is 10.5 Å². The standard InChI is InChI=1S/C22H20N2/c1-3-8-18-19-14-17(15-9-5-4-6-10-15)13-16-11-7-12-20(21(16)19)24-22(18)23-2/h4-14H,3H2,1-2H3,(H,23,24)/b18-8-. The molecular weight excluding hydrogens is 292 g/mol. The van der Waals surface area contributed by atoms with E-state index in [2.05, 4.69) is 79.0 Å². The average molecular weight is 312 g/mol. The van der Waals surface area contributed by atoms with Gasteiger partial charge in [0.25, 0.3) is 0 Å². The minimum atomic E-state index is 0.946. The molecule has 1 heterocycles. The molecule has 0 radical (unpaired) electrons. The molecule has 1 aromatic heterocycles. The molecule has 0 aliphatic rings. The van der Waals surface area contributed by atoms with Gasteiger partial charge in [-0.15, -0.1) is 0 Å². The molecule has 0 atom stereocenters. The molecule has 4 aromatic rings. The predicted octanol–water partition coefficient (Wildman–Crippen LogP) is 5.01. The maximum absolute atomic E-state index is 4.82. The topological polar surface area (TPSA) is 24.9 Å².